The van der Waals surface area contributed by atoms with Gasteiger partial charge in [0.15, 0.2) is 0 Å². The molecule has 0 bridgehead atoms. The standard InChI is InChI=1S/C15H26N2O/c1-17-11-5-7-14(17)13-16-10-6-12-18-15-8-3-2-4-9-15/h5,7,11,15-16H,2-4,6,8-10,12-13H2,1H3. The fourth-order valence-electron chi connectivity index (χ4n) is 2.58. The number of ether oxygens (including phenoxy) is 1. The molecule has 0 atom stereocenters. The second-order valence-electron chi connectivity index (χ2n) is 5.27. The molecule has 0 amide bonds. The van der Waals surface area contributed by atoms with E-state index in [-0.39, 0.29) is 0 Å². The van der Waals surface area contributed by atoms with Gasteiger partial charge in [-0.3, -0.25) is 0 Å². The second-order valence-corrected chi connectivity index (χ2v) is 5.27. The van der Waals surface area contributed by atoms with Crippen LogP contribution in [-0.2, 0) is 18.3 Å². The van der Waals surface area contributed by atoms with Crippen molar-refractivity contribution in [3.05, 3.63) is 24.0 Å². The Balaban J connectivity index is 1.47. The smallest absolute Gasteiger partial charge is 0.0575 e. The van der Waals surface area contributed by atoms with Crippen LogP contribution in [0.1, 0.15) is 44.2 Å². The van der Waals surface area contributed by atoms with Gasteiger partial charge in [-0.05, 0) is 37.9 Å². The summed E-state index contributed by atoms with van der Waals surface area (Å²) in [4.78, 5) is 0. The van der Waals surface area contributed by atoms with Gasteiger partial charge in [0, 0.05) is 32.1 Å². The fourth-order valence-corrected chi connectivity index (χ4v) is 2.58. The van der Waals surface area contributed by atoms with Crippen LogP contribution < -0.4 is 5.32 Å². The van der Waals surface area contributed by atoms with Crippen LogP contribution in [0.5, 0.6) is 0 Å². The second kappa shape index (κ2) is 7.59. The monoisotopic (exact) mass is 250 g/mol. The number of rotatable bonds is 7. The molecule has 0 spiro atoms. The summed E-state index contributed by atoms with van der Waals surface area (Å²) in [6.45, 7) is 2.90. The van der Waals surface area contributed by atoms with E-state index >= 15 is 0 Å². The van der Waals surface area contributed by atoms with Crippen LogP contribution in [0.25, 0.3) is 0 Å². The van der Waals surface area contributed by atoms with E-state index in [4.69, 9.17) is 4.74 Å². The van der Waals surface area contributed by atoms with Gasteiger partial charge in [0.1, 0.15) is 0 Å². The van der Waals surface area contributed by atoms with Gasteiger partial charge in [0.25, 0.3) is 0 Å². The third kappa shape index (κ3) is 4.46. The van der Waals surface area contributed by atoms with E-state index in [0.29, 0.717) is 6.10 Å². The zero-order valence-corrected chi connectivity index (χ0v) is 11.5. The first-order valence-corrected chi connectivity index (χ1v) is 7.29. The van der Waals surface area contributed by atoms with Crippen LogP contribution in [0.15, 0.2) is 18.3 Å². The van der Waals surface area contributed by atoms with E-state index in [1.807, 2.05) is 0 Å². The molecule has 1 aliphatic carbocycles. The summed E-state index contributed by atoms with van der Waals surface area (Å²) in [5, 5.41) is 3.47. The van der Waals surface area contributed by atoms with Gasteiger partial charge >= 0.3 is 0 Å². The number of aryl methyl sites for hydroxylation is 1. The van der Waals surface area contributed by atoms with Crippen molar-refractivity contribution in [2.45, 2.75) is 51.2 Å². The van der Waals surface area contributed by atoms with Gasteiger partial charge in [-0.2, -0.15) is 0 Å². The first kappa shape index (κ1) is 13.6. The predicted octanol–water partition coefficient (Wildman–Crippen LogP) is 2.85. The average molecular weight is 250 g/mol. The normalized spacial score (nSPS) is 17.2. The molecule has 102 valence electrons. The molecule has 1 heterocycles. The number of nitrogens with one attached hydrogen (secondary N) is 1. The SMILES string of the molecule is Cn1cccc1CNCCCOC1CCCCC1. The predicted molar refractivity (Wildman–Crippen MR) is 74.6 cm³/mol. The molecule has 1 aliphatic rings. The molecular weight excluding hydrogens is 224 g/mol. The van der Waals surface area contributed by atoms with Crippen molar-refractivity contribution in [2.24, 2.45) is 7.05 Å². The Hall–Kier alpha value is -0.800. The number of aromatic nitrogens is 1. The largest absolute Gasteiger partial charge is 0.378 e. The van der Waals surface area contributed by atoms with Crippen molar-refractivity contribution >= 4 is 0 Å². The molecule has 2 rings (SSSR count). The minimum absolute atomic E-state index is 0.548. The summed E-state index contributed by atoms with van der Waals surface area (Å²) in [5.74, 6) is 0. The van der Waals surface area contributed by atoms with Crippen LogP contribution >= 0.6 is 0 Å². The third-order valence-electron chi connectivity index (χ3n) is 3.76. The van der Waals surface area contributed by atoms with Crippen molar-refractivity contribution in [3.8, 4) is 0 Å². The Kier molecular flexibility index (Phi) is 5.75. The zero-order chi connectivity index (χ0) is 12.6. The van der Waals surface area contributed by atoms with Crippen molar-refractivity contribution in [1.82, 2.24) is 9.88 Å². The Bertz CT molecular complexity index is 329. The molecule has 18 heavy (non-hydrogen) atoms. The van der Waals surface area contributed by atoms with Gasteiger partial charge in [-0.25, -0.2) is 0 Å². The molecule has 0 saturated heterocycles. The lowest BCUT2D eigenvalue weighted by atomic mass is 9.98. The molecule has 1 N–H and O–H groups in total. The number of hydrogen-bond donors (Lipinski definition) is 1. The van der Waals surface area contributed by atoms with Gasteiger partial charge in [-0.1, -0.05) is 19.3 Å². The maximum absolute atomic E-state index is 5.90. The van der Waals surface area contributed by atoms with Crippen LogP contribution in [-0.4, -0.2) is 23.8 Å². The van der Waals surface area contributed by atoms with Crippen molar-refractivity contribution in [3.63, 3.8) is 0 Å². The molecule has 1 fully saturated rings. The molecule has 0 aliphatic heterocycles. The highest BCUT2D eigenvalue weighted by Crippen LogP contribution is 2.20. The quantitative estimate of drug-likeness (QED) is 0.753. The lowest BCUT2D eigenvalue weighted by Crippen LogP contribution is -2.21. The Morgan fingerprint density at radius 1 is 1.33 bits per heavy atom. The summed E-state index contributed by atoms with van der Waals surface area (Å²) >= 11 is 0. The van der Waals surface area contributed by atoms with Crippen molar-refractivity contribution < 1.29 is 4.74 Å². The van der Waals surface area contributed by atoms with Gasteiger partial charge in [-0.15, -0.1) is 0 Å². The van der Waals surface area contributed by atoms with Gasteiger partial charge in [0.05, 0.1) is 6.10 Å². The topological polar surface area (TPSA) is 26.2 Å². The maximum atomic E-state index is 5.90. The Morgan fingerprint density at radius 2 is 2.17 bits per heavy atom. The van der Waals surface area contributed by atoms with Crippen LogP contribution in [0.3, 0.4) is 0 Å². The summed E-state index contributed by atoms with van der Waals surface area (Å²) < 4.78 is 8.06. The van der Waals surface area contributed by atoms with Gasteiger partial charge < -0.3 is 14.6 Å². The molecule has 1 aromatic heterocycles. The van der Waals surface area contributed by atoms with E-state index in [2.05, 4.69) is 35.3 Å². The molecule has 1 aromatic rings. The highest BCUT2D eigenvalue weighted by molar-refractivity contribution is 5.05. The minimum Gasteiger partial charge on any atom is -0.378 e. The lowest BCUT2D eigenvalue weighted by Gasteiger charge is -2.21. The van der Waals surface area contributed by atoms with E-state index in [1.165, 1.54) is 37.8 Å². The molecule has 3 heteroatoms. The highest BCUT2D eigenvalue weighted by atomic mass is 16.5. The summed E-state index contributed by atoms with van der Waals surface area (Å²) in [5.41, 5.74) is 1.34. The summed E-state index contributed by atoms with van der Waals surface area (Å²) in [6, 6.07) is 4.24. The van der Waals surface area contributed by atoms with E-state index in [9.17, 15) is 0 Å². The summed E-state index contributed by atoms with van der Waals surface area (Å²) in [7, 11) is 2.09. The van der Waals surface area contributed by atoms with E-state index in [1.54, 1.807) is 0 Å². The molecular formula is C15H26N2O. The number of hydrogen-bond acceptors (Lipinski definition) is 2. The highest BCUT2D eigenvalue weighted by Gasteiger charge is 2.12. The fraction of sp³-hybridized carbons (Fsp3) is 0.733. The first-order valence-electron chi connectivity index (χ1n) is 7.29. The third-order valence-corrected chi connectivity index (χ3v) is 3.76. The van der Waals surface area contributed by atoms with Crippen LogP contribution in [0.4, 0.5) is 0 Å². The summed E-state index contributed by atoms with van der Waals surface area (Å²) in [6.07, 6.45) is 10.4. The molecule has 0 unspecified atom stereocenters. The molecule has 0 radical (unpaired) electrons. The lowest BCUT2D eigenvalue weighted by molar-refractivity contribution is 0.0273. The minimum atomic E-state index is 0.548. The van der Waals surface area contributed by atoms with Crippen molar-refractivity contribution in [2.75, 3.05) is 13.2 Å². The molecule has 0 aromatic carbocycles. The van der Waals surface area contributed by atoms with Crippen molar-refractivity contribution in [1.29, 1.82) is 0 Å². The molecule has 1 saturated carbocycles. The van der Waals surface area contributed by atoms with E-state index in [0.717, 1.165) is 26.1 Å². The van der Waals surface area contributed by atoms with Crippen LogP contribution in [0, 0.1) is 0 Å². The van der Waals surface area contributed by atoms with E-state index < -0.39 is 0 Å². The Morgan fingerprint density at radius 3 is 2.89 bits per heavy atom. The van der Waals surface area contributed by atoms with Crippen LogP contribution in [0.2, 0.25) is 0 Å². The number of nitrogens with zero attached hydrogens (tertiary/aromatic N) is 1. The van der Waals surface area contributed by atoms with Gasteiger partial charge in [0.2, 0.25) is 0 Å². The average Bonchev–Trinajstić information content (AvgIpc) is 2.81. The molecule has 3 nitrogen and oxygen atoms in total. The maximum Gasteiger partial charge on any atom is 0.0575 e. The zero-order valence-electron chi connectivity index (χ0n) is 11.5. The first-order chi connectivity index (χ1) is 8.86. The Labute approximate surface area is 111 Å².